The first-order valence-corrected chi connectivity index (χ1v) is 3.30. The van der Waals surface area contributed by atoms with E-state index in [1.165, 1.54) is 11.8 Å². The summed E-state index contributed by atoms with van der Waals surface area (Å²) in [4.78, 5) is 12.3. The van der Waals surface area contributed by atoms with Gasteiger partial charge in [0.2, 0.25) is 0 Å². The zero-order valence-electron chi connectivity index (χ0n) is 6.37. The highest BCUT2D eigenvalue weighted by Gasteiger charge is 2.14. The lowest BCUT2D eigenvalue weighted by Gasteiger charge is -2.19. The van der Waals surface area contributed by atoms with E-state index < -0.39 is 6.10 Å². The third-order valence-electron chi connectivity index (χ3n) is 1.27. The average molecular weight is 146 g/mol. The van der Waals surface area contributed by atoms with Gasteiger partial charge in [0, 0.05) is 6.54 Å². The number of hydrogen-bond donors (Lipinski definition) is 2. The van der Waals surface area contributed by atoms with Crippen molar-refractivity contribution in [3.8, 4) is 0 Å². The van der Waals surface area contributed by atoms with Gasteiger partial charge in [0.25, 0.3) is 5.91 Å². The number of aliphatic hydroxyl groups is 1. The van der Waals surface area contributed by atoms with Gasteiger partial charge < -0.3 is 15.7 Å². The Morgan fingerprint density at radius 1 is 1.80 bits per heavy atom. The fourth-order valence-corrected chi connectivity index (χ4v) is 0.639. The van der Waals surface area contributed by atoms with Gasteiger partial charge in [0.15, 0.2) is 0 Å². The Morgan fingerprint density at radius 2 is 2.30 bits per heavy atom. The molecule has 0 aliphatic heterocycles. The van der Waals surface area contributed by atoms with Crippen LogP contribution >= 0.6 is 0 Å². The molecule has 0 aromatic rings. The van der Waals surface area contributed by atoms with Crippen LogP contribution in [-0.2, 0) is 4.79 Å². The summed E-state index contributed by atoms with van der Waals surface area (Å²) < 4.78 is 0. The summed E-state index contributed by atoms with van der Waals surface area (Å²) >= 11 is 0. The summed E-state index contributed by atoms with van der Waals surface area (Å²) in [5.41, 5.74) is 5.22. The molecule has 60 valence electrons. The quantitative estimate of drug-likeness (QED) is 0.509. The molecule has 0 bridgehead atoms. The molecule has 0 saturated carbocycles. The molecule has 0 aromatic carbocycles. The SMILES string of the molecule is CCN(CN)C(=O)C(C)O. The third-order valence-corrected chi connectivity index (χ3v) is 1.27. The van der Waals surface area contributed by atoms with Crippen molar-refractivity contribution in [2.45, 2.75) is 20.0 Å². The minimum atomic E-state index is -0.941. The van der Waals surface area contributed by atoms with Gasteiger partial charge in [-0.3, -0.25) is 4.79 Å². The smallest absolute Gasteiger partial charge is 0.252 e. The van der Waals surface area contributed by atoms with Crippen LogP contribution in [0.1, 0.15) is 13.8 Å². The average Bonchev–Trinajstić information content (AvgIpc) is 1.90. The topological polar surface area (TPSA) is 66.6 Å². The second-order valence-corrected chi connectivity index (χ2v) is 2.05. The molecule has 10 heavy (non-hydrogen) atoms. The van der Waals surface area contributed by atoms with Crippen LogP contribution in [0.15, 0.2) is 0 Å². The van der Waals surface area contributed by atoms with Crippen LogP contribution in [0, 0.1) is 0 Å². The summed E-state index contributed by atoms with van der Waals surface area (Å²) in [6.45, 7) is 3.95. The minimum absolute atomic E-state index is 0.167. The molecule has 0 aliphatic rings. The van der Waals surface area contributed by atoms with Crippen LogP contribution in [0.25, 0.3) is 0 Å². The van der Waals surface area contributed by atoms with Gasteiger partial charge >= 0.3 is 0 Å². The molecule has 0 saturated heterocycles. The standard InChI is InChI=1S/C6H14N2O2/c1-3-8(4-7)6(10)5(2)9/h5,9H,3-4,7H2,1-2H3. The molecule has 0 spiro atoms. The zero-order valence-corrected chi connectivity index (χ0v) is 6.37. The summed E-state index contributed by atoms with van der Waals surface area (Å²) in [6, 6.07) is 0. The Hall–Kier alpha value is -0.610. The van der Waals surface area contributed by atoms with E-state index in [-0.39, 0.29) is 12.6 Å². The summed E-state index contributed by atoms with van der Waals surface area (Å²) in [6.07, 6.45) is -0.941. The van der Waals surface area contributed by atoms with Crippen LogP contribution in [-0.4, -0.2) is 35.2 Å². The molecule has 0 aromatic heterocycles. The van der Waals surface area contributed by atoms with Gasteiger partial charge in [-0.25, -0.2) is 0 Å². The lowest BCUT2D eigenvalue weighted by atomic mass is 10.3. The third kappa shape index (κ3) is 2.33. The molecule has 0 aliphatic carbocycles. The number of likely N-dealkylation sites (N-methyl/N-ethyl adjacent to an activating group) is 1. The van der Waals surface area contributed by atoms with Crippen LogP contribution in [0.4, 0.5) is 0 Å². The Bertz CT molecular complexity index is 110. The molecular weight excluding hydrogens is 132 g/mol. The number of carbonyl (C=O) groups excluding carboxylic acids is 1. The van der Waals surface area contributed by atoms with Gasteiger partial charge in [-0.1, -0.05) is 0 Å². The first-order valence-electron chi connectivity index (χ1n) is 3.30. The van der Waals surface area contributed by atoms with E-state index in [0.29, 0.717) is 6.54 Å². The zero-order chi connectivity index (χ0) is 8.15. The van der Waals surface area contributed by atoms with Crippen molar-refractivity contribution in [3.05, 3.63) is 0 Å². The predicted molar refractivity (Wildman–Crippen MR) is 38.1 cm³/mol. The highest BCUT2D eigenvalue weighted by Crippen LogP contribution is 1.90. The second kappa shape index (κ2) is 4.24. The number of rotatable bonds is 3. The van der Waals surface area contributed by atoms with Crippen LogP contribution in [0.2, 0.25) is 0 Å². The Balaban J connectivity index is 3.89. The Kier molecular flexibility index (Phi) is 3.99. The number of nitrogens with two attached hydrogens (primary N) is 1. The molecule has 0 rings (SSSR count). The summed E-state index contributed by atoms with van der Waals surface area (Å²) in [7, 11) is 0. The number of carbonyl (C=O) groups is 1. The maximum absolute atomic E-state index is 10.9. The number of amides is 1. The summed E-state index contributed by atoms with van der Waals surface area (Å²) in [5.74, 6) is -0.315. The van der Waals surface area contributed by atoms with Crippen molar-refractivity contribution in [1.29, 1.82) is 0 Å². The number of aliphatic hydroxyl groups excluding tert-OH is 1. The molecule has 0 fully saturated rings. The summed E-state index contributed by atoms with van der Waals surface area (Å²) in [5, 5.41) is 8.81. The monoisotopic (exact) mass is 146 g/mol. The van der Waals surface area contributed by atoms with Crippen LogP contribution < -0.4 is 5.73 Å². The van der Waals surface area contributed by atoms with E-state index in [2.05, 4.69) is 0 Å². The molecule has 0 heterocycles. The first-order chi connectivity index (χ1) is 4.63. The lowest BCUT2D eigenvalue weighted by molar-refractivity contribution is -0.138. The highest BCUT2D eigenvalue weighted by atomic mass is 16.3. The highest BCUT2D eigenvalue weighted by molar-refractivity contribution is 5.80. The first kappa shape index (κ1) is 9.39. The minimum Gasteiger partial charge on any atom is -0.384 e. The van der Waals surface area contributed by atoms with E-state index in [4.69, 9.17) is 10.8 Å². The molecular formula is C6H14N2O2. The molecule has 4 heteroatoms. The van der Waals surface area contributed by atoms with Gasteiger partial charge in [-0.2, -0.15) is 0 Å². The van der Waals surface area contributed by atoms with Gasteiger partial charge in [-0.05, 0) is 13.8 Å². The van der Waals surface area contributed by atoms with Gasteiger partial charge in [0.05, 0.1) is 6.67 Å². The molecule has 1 amide bonds. The predicted octanol–water partition coefficient (Wildman–Crippen LogP) is -0.868. The van der Waals surface area contributed by atoms with E-state index in [1.807, 2.05) is 6.92 Å². The van der Waals surface area contributed by atoms with Crippen molar-refractivity contribution < 1.29 is 9.90 Å². The van der Waals surface area contributed by atoms with E-state index in [1.54, 1.807) is 0 Å². The number of hydrogen-bond acceptors (Lipinski definition) is 3. The largest absolute Gasteiger partial charge is 0.384 e. The van der Waals surface area contributed by atoms with Gasteiger partial charge in [-0.15, -0.1) is 0 Å². The fourth-order valence-electron chi connectivity index (χ4n) is 0.639. The van der Waals surface area contributed by atoms with E-state index in [0.717, 1.165) is 0 Å². The van der Waals surface area contributed by atoms with Crippen LogP contribution in [0.3, 0.4) is 0 Å². The molecule has 3 N–H and O–H groups in total. The van der Waals surface area contributed by atoms with E-state index in [9.17, 15) is 4.79 Å². The van der Waals surface area contributed by atoms with Gasteiger partial charge in [0.1, 0.15) is 6.10 Å². The van der Waals surface area contributed by atoms with Crippen LogP contribution in [0.5, 0.6) is 0 Å². The van der Waals surface area contributed by atoms with Crippen molar-refractivity contribution in [1.82, 2.24) is 4.90 Å². The molecule has 0 radical (unpaired) electrons. The molecule has 1 unspecified atom stereocenters. The fraction of sp³-hybridized carbons (Fsp3) is 0.833. The Morgan fingerprint density at radius 3 is 2.40 bits per heavy atom. The maximum Gasteiger partial charge on any atom is 0.252 e. The molecule has 4 nitrogen and oxygen atoms in total. The van der Waals surface area contributed by atoms with Crippen molar-refractivity contribution in [2.24, 2.45) is 5.73 Å². The van der Waals surface area contributed by atoms with Crippen molar-refractivity contribution in [3.63, 3.8) is 0 Å². The van der Waals surface area contributed by atoms with Crippen molar-refractivity contribution in [2.75, 3.05) is 13.2 Å². The van der Waals surface area contributed by atoms with Crippen molar-refractivity contribution >= 4 is 5.91 Å². The lowest BCUT2D eigenvalue weighted by Crippen LogP contribution is -2.41. The molecule has 1 atom stereocenters. The second-order valence-electron chi connectivity index (χ2n) is 2.05. The maximum atomic E-state index is 10.9. The number of nitrogens with zero attached hydrogens (tertiary/aromatic N) is 1. The van der Waals surface area contributed by atoms with E-state index >= 15 is 0 Å². The Labute approximate surface area is 60.6 Å². The normalized spacial score (nSPS) is 12.8.